The lowest BCUT2D eigenvalue weighted by molar-refractivity contribution is -0.242. The second kappa shape index (κ2) is 3.73. The molecule has 1 N–H and O–H groups in total. The summed E-state index contributed by atoms with van der Waals surface area (Å²) in [5.41, 5.74) is 1.35. The smallest absolute Gasteiger partial charge is 0.209 e. The highest BCUT2D eigenvalue weighted by atomic mass is 16.5. The van der Waals surface area contributed by atoms with E-state index in [9.17, 15) is 14.7 Å². The molecule has 0 bridgehead atoms. The van der Waals surface area contributed by atoms with Crippen LogP contribution in [0.2, 0.25) is 0 Å². The Hall–Kier alpha value is -2.04. The number of hydrogen-bond donors (Lipinski definition) is 1. The summed E-state index contributed by atoms with van der Waals surface area (Å²) in [6.45, 7) is 6.94. The summed E-state index contributed by atoms with van der Waals surface area (Å²) in [7, 11) is 0. The molecule has 1 amide bonds. The molecule has 0 spiro atoms. The Labute approximate surface area is 105 Å². The van der Waals surface area contributed by atoms with Crippen molar-refractivity contribution in [1.82, 2.24) is 0 Å². The molecule has 1 aliphatic rings. The fraction of sp³-hybridized carbons (Fsp3) is 0.385. The molecular weight excluding hydrogens is 234 g/mol. The Kier molecular flexibility index (Phi) is 2.57. The predicted molar refractivity (Wildman–Crippen MR) is 64.0 cm³/mol. The molecule has 0 unspecified atom stereocenters. The molecule has 2 rings (SSSR count). The van der Waals surface area contributed by atoms with E-state index in [1.54, 1.807) is 27.7 Å². The molecule has 0 aromatic heterocycles. The van der Waals surface area contributed by atoms with Crippen LogP contribution in [0.1, 0.15) is 35.3 Å². The fourth-order valence-electron chi connectivity index (χ4n) is 2.06. The third-order valence-electron chi connectivity index (χ3n) is 3.23. The molecule has 96 valence electrons. The number of carbonyl (C=O) groups excluding carboxylic acids is 2. The van der Waals surface area contributed by atoms with E-state index < -0.39 is 11.7 Å². The number of ketones is 1. The average molecular weight is 248 g/mol. The number of nitrogens with one attached hydrogen (secondary N) is 1. The zero-order valence-corrected chi connectivity index (χ0v) is 10.7. The van der Waals surface area contributed by atoms with Crippen LogP contribution in [-0.4, -0.2) is 17.5 Å². The van der Waals surface area contributed by atoms with Crippen LogP contribution in [-0.2, 0) is 0 Å². The Balaban J connectivity index is 2.60. The van der Waals surface area contributed by atoms with Gasteiger partial charge in [0.25, 0.3) is 0 Å². The number of amides is 1. The quantitative estimate of drug-likeness (QED) is 0.815. The van der Waals surface area contributed by atoms with Gasteiger partial charge in [-0.05, 0) is 44.9 Å². The van der Waals surface area contributed by atoms with Crippen molar-refractivity contribution < 1.29 is 19.4 Å². The van der Waals surface area contributed by atoms with Crippen molar-refractivity contribution in [2.45, 2.75) is 33.3 Å². The van der Waals surface area contributed by atoms with Gasteiger partial charge in [-0.3, -0.25) is 4.79 Å². The highest BCUT2D eigenvalue weighted by Gasteiger charge is 2.41. The summed E-state index contributed by atoms with van der Waals surface area (Å²) in [6.07, 6.45) is -1.40. The van der Waals surface area contributed by atoms with Gasteiger partial charge in [-0.15, -0.1) is 0 Å². The Morgan fingerprint density at radius 3 is 2.50 bits per heavy atom. The molecule has 0 aliphatic carbocycles. The van der Waals surface area contributed by atoms with E-state index in [0.29, 0.717) is 17.0 Å². The summed E-state index contributed by atoms with van der Waals surface area (Å²) in [6, 6.07) is 1.50. The highest BCUT2D eigenvalue weighted by Crippen LogP contribution is 2.41. The van der Waals surface area contributed by atoms with E-state index >= 15 is 0 Å². The molecule has 1 aromatic carbocycles. The number of carboxylic acid groups (broad SMARTS) is 1. The van der Waals surface area contributed by atoms with E-state index in [-0.39, 0.29) is 5.78 Å². The number of benzene rings is 1. The van der Waals surface area contributed by atoms with Gasteiger partial charge in [0.05, 0.1) is 5.56 Å². The summed E-state index contributed by atoms with van der Waals surface area (Å²) in [5.74, 6) is 0.383. The largest absolute Gasteiger partial charge is 0.530 e. The Morgan fingerprint density at radius 1 is 1.33 bits per heavy atom. The van der Waals surface area contributed by atoms with Gasteiger partial charge in [0.15, 0.2) is 5.60 Å². The van der Waals surface area contributed by atoms with Crippen molar-refractivity contribution in [2.75, 3.05) is 5.32 Å². The number of ether oxygens (including phenoxy) is 1. The minimum Gasteiger partial charge on any atom is -0.530 e. The summed E-state index contributed by atoms with van der Waals surface area (Å²) >= 11 is 0. The molecular formula is C13H14NO4-. The van der Waals surface area contributed by atoms with Gasteiger partial charge in [-0.25, -0.2) is 0 Å². The van der Waals surface area contributed by atoms with E-state index in [1.165, 1.54) is 6.07 Å². The van der Waals surface area contributed by atoms with Crippen molar-refractivity contribution in [1.29, 1.82) is 0 Å². The average Bonchev–Trinajstić information content (AvgIpc) is 2.48. The number of carbonyl (C=O) groups is 2. The molecule has 1 heterocycles. The molecule has 0 fully saturated rings. The topological polar surface area (TPSA) is 78.5 Å². The molecule has 1 aromatic rings. The summed E-state index contributed by atoms with van der Waals surface area (Å²) < 4.78 is 5.64. The second-order valence-electron chi connectivity index (χ2n) is 4.90. The lowest BCUT2D eigenvalue weighted by Gasteiger charge is -2.17. The van der Waals surface area contributed by atoms with E-state index in [4.69, 9.17) is 4.74 Å². The third kappa shape index (κ3) is 1.72. The van der Waals surface area contributed by atoms with Crippen LogP contribution < -0.4 is 15.2 Å². The standard InChI is InChI=1S/C13H15NO4/c1-6-7(2)10-8(5-9(6)14-12(16)17)11(15)13(3,4)18-10/h5,14H,1-4H3,(H,16,17)/p-1. The third-order valence-corrected chi connectivity index (χ3v) is 3.23. The zero-order chi connectivity index (χ0) is 13.7. The monoisotopic (exact) mass is 248 g/mol. The lowest BCUT2D eigenvalue weighted by atomic mass is 9.96. The first kappa shape index (κ1) is 12.4. The number of anilines is 1. The van der Waals surface area contributed by atoms with Crippen LogP contribution >= 0.6 is 0 Å². The van der Waals surface area contributed by atoms with Crippen molar-refractivity contribution in [3.63, 3.8) is 0 Å². The van der Waals surface area contributed by atoms with Crippen molar-refractivity contribution in [3.8, 4) is 5.75 Å². The molecule has 18 heavy (non-hydrogen) atoms. The molecule has 1 aliphatic heterocycles. The number of hydrogen-bond acceptors (Lipinski definition) is 4. The van der Waals surface area contributed by atoms with Gasteiger partial charge in [0.2, 0.25) is 5.78 Å². The fourth-order valence-corrected chi connectivity index (χ4v) is 2.06. The summed E-state index contributed by atoms with van der Waals surface area (Å²) in [5, 5.41) is 12.8. The molecule has 5 nitrogen and oxygen atoms in total. The second-order valence-corrected chi connectivity index (χ2v) is 4.90. The maximum absolute atomic E-state index is 12.1. The normalized spacial score (nSPS) is 16.1. The molecule has 0 atom stereocenters. The van der Waals surface area contributed by atoms with Crippen molar-refractivity contribution in [3.05, 3.63) is 22.8 Å². The van der Waals surface area contributed by atoms with E-state index in [0.717, 1.165) is 11.1 Å². The van der Waals surface area contributed by atoms with Gasteiger partial charge in [0.1, 0.15) is 11.8 Å². The maximum atomic E-state index is 12.1. The van der Waals surface area contributed by atoms with Gasteiger partial charge < -0.3 is 20.0 Å². The van der Waals surface area contributed by atoms with Gasteiger partial charge in [-0.2, -0.15) is 0 Å². The molecule has 0 saturated heterocycles. The Morgan fingerprint density at radius 2 is 1.94 bits per heavy atom. The predicted octanol–water partition coefficient (Wildman–Crippen LogP) is 1.41. The first-order valence-corrected chi connectivity index (χ1v) is 5.60. The maximum Gasteiger partial charge on any atom is 0.209 e. The minimum absolute atomic E-state index is 0.151. The lowest BCUT2D eigenvalue weighted by Crippen LogP contribution is -2.32. The summed E-state index contributed by atoms with van der Waals surface area (Å²) in [4.78, 5) is 22.7. The van der Waals surface area contributed by atoms with Crippen molar-refractivity contribution >= 4 is 17.6 Å². The highest BCUT2D eigenvalue weighted by molar-refractivity contribution is 6.08. The van der Waals surface area contributed by atoms with Crippen LogP contribution in [0.4, 0.5) is 10.5 Å². The van der Waals surface area contributed by atoms with Crippen molar-refractivity contribution in [2.24, 2.45) is 0 Å². The van der Waals surface area contributed by atoms with Gasteiger partial charge in [-0.1, -0.05) is 0 Å². The van der Waals surface area contributed by atoms with Gasteiger partial charge >= 0.3 is 0 Å². The molecule has 5 heteroatoms. The zero-order valence-electron chi connectivity index (χ0n) is 10.7. The SMILES string of the molecule is Cc1c(NC(=O)[O-])cc2c(c1C)OC(C)(C)C2=O. The first-order valence-electron chi connectivity index (χ1n) is 5.60. The number of Topliss-reactive ketones (excluding diaryl/α,β-unsaturated/α-hetero) is 1. The van der Waals surface area contributed by atoms with Crippen LogP contribution in [0.3, 0.4) is 0 Å². The van der Waals surface area contributed by atoms with Gasteiger partial charge in [0, 0.05) is 5.69 Å². The Bertz CT molecular complexity index is 561. The molecule has 0 saturated carbocycles. The van der Waals surface area contributed by atoms with E-state index in [1.807, 2.05) is 0 Å². The minimum atomic E-state index is -1.40. The van der Waals surface area contributed by atoms with Crippen LogP contribution in [0.5, 0.6) is 5.75 Å². The van der Waals surface area contributed by atoms with Crippen LogP contribution in [0, 0.1) is 13.8 Å². The van der Waals surface area contributed by atoms with Crippen LogP contribution in [0.15, 0.2) is 6.07 Å². The van der Waals surface area contributed by atoms with E-state index in [2.05, 4.69) is 5.32 Å². The number of fused-ring (bicyclic) bond motifs is 1. The van der Waals surface area contributed by atoms with Crippen LogP contribution in [0.25, 0.3) is 0 Å². The number of rotatable bonds is 1. The molecule has 0 radical (unpaired) electrons. The first-order chi connectivity index (χ1) is 8.24.